The molecule has 1 aromatic heterocycles. The van der Waals surface area contributed by atoms with Gasteiger partial charge in [-0.25, -0.2) is 4.79 Å². The maximum Gasteiger partial charge on any atom is 0.329 e. The van der Waals surface area contributed by atoms with Crippen LogP contribution in [0.15, 0.2) is 9.59 Å². The Hall–Kier alpha value is -1.14. The van der Waals surface area contributed by atoms with Gasteiger partial charge in [0.2, 0.25) is 5.82 Å². The minimum atomic E-state index is -1.10. The van der Waals surface area contributed by atoms with E-state index in [2.05, 4.69) is 9.88 Å². The van der Waals surface area contributed by atoms with Crippen LogP contribution in [0.25, 0.3) is 0 Å². The van der Waals surface area contributed by atoms with Crippen molar-refractivity contribution in [2.24, 2.45) is 5.92 Å². The highest BCUT2D eigenvalue weighted by Crippen LogP contribution is 2.15. The molecule has 1 atom stereocenters. The molecule has 2 rings (SSSR count). The quantitative estimate of drug-likeness (QED) is 0.778. The molecule has 1 aromatic rings. The summed E-state index contributed by atoms with van der Waals surface area (Å²) in [6, 6.07) is 0. The number of rotatable bonds is 2. The van der Waals surface area contributed by atoms with E-state index in [0.29, 0.717) is 0 Å². The molecule has 0 bridgehead atoms. The molecule has 1 N–H and O–H groups in total. The SMILES string of the molecule is CN1CCC(Cn2c(=O)[nH]c(Cl)c(F)c2=O)C1. The lowest BCUT2D eigenvalue weighted by atomic mass is 10.1. The summed E-state index contributed by atoms with van der Waals surface area (Å²) >= 11 is 5.38. The minimum absolute atomic E-state index is 0.194. The van der Waals surface area contributed by atoms with Gasteiger partial charge in [-0.15, -0.1) is 0 Å². The van der Waals surface area contributed by atoms with Crippen LogP contribution in [0.4, 0.5) is 4.39 Å². The van der Waals surface area contributed by atoms with Crippen LogP contribution in [-0.2, 0) is 6.54 Å². The van der Waals surface area contributed by atoms with E-state index < -0.39 is 22.2 Å². The fourth-order valence-electron chi connectivity index (χ4n) is 2.12. The summed E-state index contributed by atoms with van der Waals surface area (Å²) in [6.07, 6.45) is 0.895. The lowest BCUT2D eigenvalue weighted by Gasteiger charge is -2.11. The van der Waals surface area contributed by atoms with Gasteiger partial charge in [-0.05, 0) is 25.9 Å². The Kier molecular flexibility index (Phi) is 3.35. The number of H-pyrrole nitrogens is 1. The molecule has 1 aliphatic rings. The number of likely N-dealkylation sites (tertiary alicyclic amines) is 1. The van der Waals surface area contributed by atoms with Gasteiger partial charge in [0.15, 0.2) is 5.15 Å². The number of aromatic nitrogens is 2. The average molecular weight is 262 g/mol. The van der Waals surface area contributed by atoms with Gasteiger partial charge in [0.1, 0.15) is 0 Å². The van der Waals surface area contributed by atoms with Crippen molar-refractivity contribution in [3.8, 4) is 0 Å². The van der Waals surface area contributed by atoms with Gasteiger partial charge in [-0.3, -0.25) is 14.3 Å². The molecule has 2 heterocycles. The average Bonchev–Trinajstić information content (AvgIpc) is 2.67. The van der Waals surface area contributed by atoms with Crippen LogP contribution in [0.2, 0.25) is 5.15 Å². The van der Waals surface area contributed by atoms with Crippen molar-refractivity contribution in [3.63, 3.8) is 0 Å². The van der Waals surface area contributed by atoms with E-state index in [1.54, 1.807) is 0 Å². The van der Waals surface area contributed by atoms with Gasteiger partial charge in [0.05, 0.1) is 0 Å². The molecule has 1 saturated heterocycles. The molecular formula is C10H13ClFN3O2. The summed E-state index contributed by atoms with van der Waals surface area (Å²) in [5.41, 5.74) is -1.61. The molecule has 0 radical (unpaired) electrons. The molecule has 7 heteroatoms. The highest BCUT2D eigenvalue weighted by atomic mass is 35.5. The van der Waals surface area contributed by atoms with Crippen molar-refractivity contribution < 1.29 is 4.39 Å². The molecule has 1 unspecified atom stereocenters. The molecule has 1 aliphatic heterocycles. The number of halogens is 2. The van der Waals surface area contributed by atoms with Crippen molar-refractivity contribution in [2.75, 3.05) is 20.1 Å². The zero-order valence-electron chi connectivity index (χ0n) is 9.37. The van der Waals surface area contributed by atoms with Crippen molar-refractivity contribution in [2.45, 2.75) is 13.0 Å². The lowest BCUT2D eigenvalue weighted by Crippen LogP contribution is -2.39. The van der Waals surface area contributed by atoms with Crippen molar-refractivity contribution in [3.05, 3.63) is 31.8 Å². The number of aromatic amines is 1. The lowest BCUT2D eigenvalue weighted by molar-refractivity contribution is 0.369. The normalized spacial score (nSPS) is 21.0. The predicted molar refractivity (Wildman–Crippen MR) is 61.9 cm³/mol. The molecule has 0 aromatic carbocycles. The van der Waals surface area contributed by atoms with Gasteiger partial charge in [-0.2, -0.15) is 4.39 Å². The fourth-order valence-corrected chi connectivity index (χ4v) is 2.28. The molecule has 0 spiro atoms. The number of hydrogen-bond donors (Lipinski definition) is 1. The predicted octanol–water partition coefficient (Wildman–Crippen LogP) is 0.281. The molecular weight excluding hydrogens is 249 g/mol. The van der Waals surface area contributed by atoms with Gasteiger partial charge >= 0.3 is 5.69 Å². The largest absolute Gasteiger partial charge is 0.329 e. The molecule has 1 fully saturated rings. The first-order valence-electron chi connectivity index (χ1n) is 5.35. The number of nitrogens with zero attached hydrogens (tertiary/aromatic N) is 2. The van der Waals surface area contributed by atoms with Crippen LogP contribution in [0.5, 0.6) is 0 Å². The fraction of sp³-hybridized carbons (Fsp3) is 0.600. The van der Waals surface area contributed by atoms with E-state index in [1.165, 1.54) is 0 Å². The van der Waals surface area contributed by atoms with Crippen LogP contribution in [0, 0.1) is 11.7 Å². The molecule has 94 valence electrons. The molecule has 5 nitrogen and oxygen atoms in total. The molecule has 17 heavy (non-hydrogen) atoms. The first kappa shape index (κ1) is 12.3. The maximum absolute atomic E-state index is 13.3. The Bertz CT molecular complexity index is 539. The second-order valence-electron chi connectivity index (χ2n) is 4.39. The Labute approximate surface area is 102 Å². The topological polar surface area (TPSA) is 58.1 Å². The summed E-state index contributed by atoms with van der Waals surface area (Å²) in [5.74, 6) is -0.906. The summed E-state index contributed by atoms with van der Waals surface area (Å²) in [7, 11) is 1.97. The second kappa shape index (κ2) is 4.62. The third-order valence-electron chi connectivity index (χ3n) is 3.02. The van der Waals surface area contributed by atoms with E-state index in [1.807, 2.05) is 7.05 Å². The summed E-state index contributed by atoms with van der Waals surface area (Å²) in [6.45, 7) is 1.95. The molecule has 0 amide bonds. The van der Waals surface area contributed by atoms with Crippen molar-refractivity contribution in [1.82, 2.24) is 14.5 Å². The summed E-state index contributed by atoms with van der Waals surface area (Å²) in [5, 5.41) is -0.528. The highest BCUT2D eigenvalue weighted by Gasteiger charge is 2.22. The van der Waals surface area contributed by atoms with E-state index in [0.717, 1.165) is 24.1 Å². The highest BCUT2D eigenvalue weighted by molar-refractivity contribution is 6.29. The second-order valence-corrected chi connectivity index (χ2v) is 4.77. The Balaban J connectivity index is 2.31. The van der Waals surface area contributed by atoms with E-state index in [-0.39, 0.29) is 12.5 Å². The first-order valence-corrected chi connectivity index (χ1v) is 5.73. The van der Waals surface area contributed by atoms with E-state index in [4.69, 9.17) is 11.6 Å². The monoisotopic (exact) mass is 261 g/mol. The third kappa shape index (κ3) is 2.42. The van der Waals surface area contributed by atoms with Crippen LogP contribution in [0.1, 0.15) is 6.42 Å². The first-order chi connectivity index (χ1) is 7.99. The summed E-state index contributed by atoms with van der Waals surface area (Å²) in [4.78, 5) is 27.3. The minimum Gasteiger partial charge on any atom is -0.306 e. The standard InChI is InChI=1S/C10H13ClFN3O2/c1-14-3-2-6(4-14)5-15-9(16)7(12)8(11)13-10(15)17/h6H,2-5H2,1H3,(H,13,17). The van der Waals surface area contributed by atoms with Crippen LogP contribution < -0.4 is 11.2 Å². The summed E-state index contributed by atoms with van der Waals surface area (Å²) < 4.78 is 14.2. The Morgan fingerprint density at radius 1 is 1.53 bits per heavy atom. The van der Waals surface area contributed by atoms with Gasteiger partial charge in [0.25, 0.3) is 5.56 Å². The maximum atomic E-state index is 13.3. The zero-order valence-corrected chi connectivity index (χ0v) is 10.1. The van der Waals surface area contributed by atoms with Crippen molar-refractivity contribution in [1.29, 1.82) is 0 Å². The van der Waals surface area contributed by atoms with E-state index >= 15 is 0 Å². The molecule has 0 saturated carbocycles. The van der Waals surface area contributed by atoms with Gasteiger partial charge < -0.3 is 4.90 Å². The Morgan fingerprint density at radius 3 is 2.82 bits per heavy atom. The van der Waals surface area contributed by atoms with E-state index in [9.17, 15) is 14.0 Å². The van der Waals surface area contributed by atoms with Crippen LogP contribution in [0.3, 0.4) is 0 Å². The van der Waals surface area contributed by atoms with Crippen LogP contribution >= 0.6 is 11.6 Å². The van der Waals surface area contributed by atoms with Gasteiger partial charge in [0, 0.05) is 13.1 Å². The molecule has 0 aliphatic carbocycles. The van der Waals surface area contributed by atoms with Crippen LogP contribution in [-0.4, -0.2) is 34.6 Å². The Morgan fingerprint density at radius 2 is 2.24 bits per heavy atom. The smallest absolute Gasteiger partial charge is 0.306 e. The zero-order chi connectivity index (χ0) is 12.6. The van der Waals surface area contributed by atoms with Crippen molar-refractivity contribution >= 4 is 11.6 Å². The van der Waals surface area contributed by atoms with Gasteiger partial charge in [-0.1, -0.05) is 11.6 Å². The number of nitrogens with one attached hydrogen (secondary N) is 1. The number of hydrogen-bond acceptors (Lipinski definition) is 3. The third-order valence-corrected chi connectivity index (χ3v) is 3.28.